The summed E-state index contributed by atoms with van der Waals surface area (Å²) in [5.74, 6) is -0.141. The summed E-state index contributed by atoms with van der Waals surface area (Å²) < 4.78 is 6.07. The van der Waals surface area contributed by atoms with Gasteiger partial charge < -0.3 is 4.74 Å². The van der Waals surface area contributed by atoms with Gasteiger partial charge in [-0.15, -0.1) is 21.5 Å². The van der Waals surface area contributed by atoms with Gasteiger partial charge in [0.05, 0.1) is 36.2 Å². The first-order valence-corrected chi connectivity index (χ1v) is 10.8. The molecule has 8 nitrogen and oxygen atoms in total. The van der Waals surface area contributed by atoms with Gasteiger partial charge in [-0.05, 0) is 36.1 Å². The maximum Gasteiger partial charge on any atom is 0.311 e. The van der Waals surface area contributed by atoms with Crippen LogP contribution in [0, 0.1) is 0 Å². The number of methoxy groups -OCH3 is 1. The molecule has 0 spiro atoms. The maximum absolute atomic E-state index is 13.3. The highest BCUT2D eigenvalue weighted by molar-refractivity contribution is 7.13. The fourth-order valence-electron chi connectivity index (χ4n) is 3.23. The van der Waals surface area contributed by atoms with Crippen LogP contribution in [-0.4, -0.2) is 38.8 Å². The molecule has 0 unspecified atom stereocenters. The summed E-state index contributed by atoms with van der Waals surface area (Å²) in [4.78, 5) is 30.8. The van der Waals surface area contributed by atoms with Crippen molar-refractivity contribution in [2.24, 2.45) is 4.99 Å². The third-order valence-electron chi connectivity index (χ3n) is 4.87. The van der Waals surface area contributed by atoms with E-state index in [-0.39, 0.29) is 12.0 Å². The number of hydrogen-bond donors (Lipinski definition) is 1. The van der Waals surface area contributed by atoms with Gasteiger partial charge in [0.15, 0.2) is 5.82 Å². The maximum atomic E-state index is 13.3. The van der Waals surface area contributed by atoms with Crippen molar-refractivity contribution in [1.29, 1.82) is 0 Å². The molecule has 0 fully saturated rings. The Morgan fingerprint density at radius 1 is 1.12 bits per heavy atom. The van der Waals surface area contributed by atoms with Gasteiger partial charge >= 0.3 is 5.97 Å². The monoisotopic (exact) mass is 447 g/mol. The topological polar surface area (TPSA) is 102 Å². The van der Waals surface area contributed by atoms with Crippen molar-refractivity contribution in [1.82, 2.24) is 20.0 Å². The van der Waals surface area contributed by atoms with Crippen molar-refractivity contribution in [2.45, 2.75) is 19.9 Å². The normalized spacial score (nSPS) is 11.5. The van der Waals surface area contributed by atoms with E-state index >= 15 is 0 Å². The van der Waals surface area contributed by atoms with Crippen molar-refractivity contribution in [2.75, 3.05) is 7.11 Å². The summed E-state index contributed by atoms with van der Waals surface area (Å²) in [6.45, 7) is 2.18. The number of benzene rings is 1. The minimum absolute atomic E-state index is 0.0903. The predicted molar refractivity (Wildman–Crippen MR) is 123 cm³/mol. The van der Waals surface area contributed by atoms with E-state index in [4.69, 9.17) is 4.74 Å². The molecule has 3 heterocycles. The van der Waals surface area contributed by atoms with Gasteiger partial charge in [0, 0.05) is 5.71 Å². The highest BCUT2D eigenvalue weighted by atomic mass is 32.1. The molecule has 4 aromatic rings. The number of H-pyrrole nitrogens is 1. The minimum atomic E-state index is -0.463. The van der Waals surface area contributed by atoms with Crippen molar-refractivity contribution < 1.29 is 9.53 Å². The number of nitrogens with one attached hydrogen (secondary N) is 1. The second kappa shape index (κ2) is 9.52. The number of aromatic nitrogens is 4. The number of esters is 1. The Morgan fingerprint density at radius 2 is 1.94 bits per heavy atom. The van der Waals surface area contributed by atoms with Crippen LogP contribution in [0.2, 0.25) is 0 Å². The standard InChI is InChI=1S/C23H21N5O3S/c1-15(24-14-16-7-4-3-5-8-16)22-18(13-21(29)31-2)27-28(23(22)30)20-11-10-17(25-26-20)19-9-6-12-32-19/h3-12,27H,13-14H2,1-2H3. The number of ether oxygens (including phenoxy) is 1. The summed E-state index contributed by atoms with van der Waals surface area (Å²) in [7, 11) is 1.31. The first-order valence-electron chi connectivity index (χ1n) is 9.91. The third-order valence-corrected chi connectivity index (χ3v) is 5.76. The smallest absolute Gasteiger partial charge is 0.311 e. The lowest BCUT2D eigenvalue weighted by atomic mass is 10.1. The molecule has 0 aliphatic carbocycles. The SMILES string of the molecule is COC(=O)Cc1[nH]n(-c2ccc(-c3cccs3)nn2)c(=O)c1C(C)=NCc1ccccc1. The molecule has 1 N–H and O–H groups in total. The average Bonchev–Trinajstić information content (AvgIpc) is 3.47. The van der Waals surface area contributed by atoms with Crippen LogP contribution in [0.1, 0.15) is 23.7 Å². The van der Waals surface area contributed by atoms with E-state index in [9.17, 15) is 9.59 Å². The van der Waals surface area contributed by atoms with Gasteiger partial charge in [0.1, 0.15) is 5.69 Å². The molecule has 1 aromatic carbocycles. The Bertz CT molecular complexity index is 1290. The number of carbonyl (C=O) groups is 1. The number of aromatic amines is 1. The molecule has 0 aliphatic rings. The third kappa shape index (κ3) is 4.57. The Balaban J connectivity index is 1.71. The van der Waals surface area contributed by atoms with E-state index in [1.807, 2.05) is 47.8 Å². The number of thiophene rings is 1. The zero-order valence-electron chi connectivity index (χ0n) is 17.6. The van der Waals surface area contributed by atoms with Crippen LogP contribution in [0.3, 0.4) is 0 Å². The lowest BCUT2D eigenvalue weighted by Crippen LogP contribution is -2.21. The second-order valence-corrected chi connectivity index (χ2v) is 7.95. The zero-order chi connectivity index (χ0) is 22.5. The van der Waals surface area contributed by atoms with E-state index in [0.717, 1.165) is 16.1 Å². The van der Waals surface area contributed by atoms with E-state index < -0.39 is 5.97 Å². The zero-order valence-corrected chi connectivity index (χ0v) is 18.4. The van der Waals surface area contributed by atoms with Gasteiger partial charge in [0.25, 0.3) is 5.56 Å². The molecular formula is C23H21N5O3S. The Morgan fingerprint density at radius 3 is 2.59 bits per heavy atom. The van der Waals surface area contributed by atoms with Gasteiger partial charge in [-0.25, -0.2) is 0 Å². The Kier molecular flexibility index (Phi) is 6.37. The summed E-state index contributed by atoms with van der Waals surface area (Å²) in [5.41, 5.74) is 2.66. The second-order valence-electron chi connectivity index (χ2n) is 7.00. The first-order chi connectivity index (χ1) is 15.6. The van der Waals surface area contributed by atoms with Crippen LogP contribution < -0.4 is 5.56 Å². The Hall–Kier alpha value is -3.85. The highest BCUT2D eigenvalue weighted by Crippen LogP contribution is 2.22. The largest absolute Gasteiger partial charge is 0.469 e. The predicted octanol–water partition coefficient (Wildman–Crippen LogP) is 3.41. The van der Waals surface area contributed by atoms with Crippen molar-refractivity contribution in [3.05, 3.63) is 87.2 Å². The van der Waals surface area contributed by atoms with Crippen molar-refractivity contribution in [3.8, 4) is 16.4 Å². The quantitative estimate of drug-likeness (QED) is 0.346. The van der Waals surface area contributed by atoms with Gasteiger partial charge in [-0.3, -0.25) is 19.7 Å². The molecule has 4 rings (SSSR count). The molecule has 3 aromatic heterocycles. The average molecular weight is 448 g/mol. The fraction of sp³-hybridized carbons (Fsp3) is 0.174. The highest BCUT2D eigenvalue weighted by Gasteiger charge is 2.21. The van der Waals surface area contributed by atoms with Gasteiger partial charge in [0.2, 0.25) is 0 Å². The van der Waals surface area contributed by atoms with Crippen LogP contribution in [0.5, 0.6) is 0 Å². The summed E-state index contributed by atoms with van der Waals surface area (Å²) in [5, 5.41) is 13.4. The summed E-state index contributed by atoms with van der Waals surface area (Å²) in [6.07, 6.45) is -0.0903. The van der Waals surface area contributed by atoms with Crippen LogP contribution in [0.4, 0.5) is 0 Å². The summed E-state index contributed by atoms with van der Waals surface area (Å²) in [6, 6.07) is 17.1. The number of nitrogens with zero attached hydrogens (tertiary/aromatic N) is 4. The van der Waals surface area contributed by atoms with E-state index in [1.165, 1.54) is 11.8 Å². The molecule has 0 atom stereocenters. The lowest BCUT2D eigenvalue weighted by molar-refractivity contribution is -0.139. The van der Waals surface area contributed by atoms with E-state index in [0.29, 0.717) is 29.3 Å². The molecule has 0 radical (unpaired) electrons. The molecule has 9 heteroatoms. The fourth-order valence-corrected chi connectivity index (χ4v) is 3.92. The lowest BCUT2D eigenvalue weighted by Gasteiger charge is -2.02. The van der Waals surface area contributed by atoms with E-state index in [2.05, 4.69) is 20.3 Å². The minimum Gasteiger partial charge on any atom is -0.469 e. The van der Waals surface area contributed by atoms with Crippen molar-refractivity contribution >= 4 is 23.0 Å². The van der Waals surface area contributed by atoms with E-state index in [1.54, 1.807) is 30.4 Å². The van der Waals surface area contributed by atoms with Crippen LogP contribution >= 0.6 is 11.3 Å². The summed E-state index contributed by atoms with van der Waals surface area (Å²) >= 11 is 1.56. The number of aliphatic imine (C=N–C) groups is 1. The number of carbonyl (C=O) groups excluding carboxylic acids is 1. The van der Waals surface area contributed by atoms with Crippen molar-refractivity contribution in [3.63, 3.8) is 0 Å². The number of rotatable bonds is 7. The molecule has 32 heavy (non-hydrogen) atoms. The number of hydrogen-bond acceptors (Lipinski definition) is 7. The molecule has 0 saturated carbocycles. The van der Waals surface area contributed by atoms with Crippen LogP contribution in [0.25, 0.3) is 16.4 Å². The molecule has 0 amide bonds. The molecular weight excluding hydrogens is 426 g/mol. The van der Waals surface area contributed by atoms with Gasteiger partial charge in [-0.1, -0.05) is 36.4 Å². The molecule has 0 bridgehead atoms. The molecule has 0 saturated heterocycles. The Labute approximate surface area is 188 Å². The molecule has 0 aliphatic heterocycles. The van der Waals surface area contributed by atoms with Gasteiger partial charge in [-0.2, -0.15) is 4.68 Å². The van der Waals surface area contributed by atoms with Crippen LogP contribution in [0.15, 0.2) is 69.8 Å². The molecule has 162 valence electrons. The first kappa shape index (κ1) is 21.4. The van der Waals surface area contributed by atoms with Crippen LogP contribution in [-0.2, 0) is 22.5 Å².